The highest BCUT2D eigenvalue weighted by Crippen LogP contribution is 2.24. The van der Waals surface area contributed by atoms with E-state index in [1.807, 2.05) is 0 Å². The average Bonchev–Trinajstić information content (AvgIpc) is 2.75. The van der Waals surface area contributed by atoms with Crippen molar-refractivity contribution >= 4 is 23.7 Å². The molecule has 0 fully saturated rings. The van der Waals surface area contributed by atoms with E-state index in [9.17, 15) is 19.2 Å². The van der Waals surface area contributed by atoms with Crippen molar-refractivity contribution in [1.29, 1.82) is 0 Å². The lowest BCUT2D eigenvalue weighted by Gasteiger charge is -2.23. The Morgan fingerprint density at radius 2 is 1.68 bits per heavy atom. The topological polar surface area (TPSA) is 104 Å². The van der Waals surface area contributed by atoms with Gasteiger partial charge in [-0.1, -0.05) is 19.1 Å². The molecule has 0 bridgehead atoms. The average molecular weight is 304 g/mol. The number of carbonyl (C=O) groups is 4. The van der Waals surface area contributed by atoms with Gasteiger partial charge in [0.2, 0.25) is 5.91 Å². The van der Waals surface area contributed by atoms with E-state index in [1.54, 1.807) is 19.1 Å². The van der Waals surface area contributed by atoms with Crippen molar-refractivity contribution in [1.82, 2.24) is 10.2 Å². The highest BCUT2D eigenvalue weighted by molar-refractivity contribution is 6.22. The SMILES string of the molecule is CCC(NC(=O)C(C)N1C(=O)c2ccccc2C1=O)C(=O)O. The number of hydrogen-bond donors (Lipinski definition) is 2. The molecule has 2 atom stereocenters. The second-order valence-electron chi connectivity index (χ2n) is 5.01. The maximum Gasteiger partial charge on any atom is 0.326 e. The van der Waals surface area contributed by atoms with Crippen LogP contribution in [-0.2, 0) is 9.59 Å². The number of amides is 3. The Morgan fingerprint density at radius 3 is 2.09 bits per heavy atom. The molecule has 7 heteroatoms. The minimum Gasteiger partial charge on any atom is -0.480 e. The Hall–Kier alpha value is -2.70. The van der Waals surface area contributed by atoms with Crippen molar-refractivity contribution in [3.05, 3.63) is 35.4 Å². The lowest BCUT2D eigenvalue weighted by Crippen LogP contribution is -2.51. The summed E-state index contributed by atoms with van der Waals surface area (Å²) in [5.41, 5.74) is 0.495. The van der Waals surface area contributed by atoms with E-state index in [-0.39, 0.29) is 17.5 Å². The number of carboxylic acid groups (broad SMARTS) is 1. The molecule has 2 unspecified atom stereocenters. The van der Waals surface area contributed by atoms with Crippen molar-refractivity contribution in [3.8, 4) is 0 Å². The summed E-state index contributed by atoms with van der Waals surface area (Å²) in [6.07, 6.45) is 0.204. The van der Waals surface area contributed by atoms with Crippen molar-refractivity contribution in [2.75, 3.05) is 0 Å². The van der Waals surface area contributed by atoms with E-state index in [1.165, 1.54) is 19.1 Å². The van der Waals surface area contributed by atoms with Gasteiger partial charge in [0.05, 0.1) is 11.1 Å². The first-order valence-electron chi connectivity index (χ1n) is 6.88. The number of carbonyl (C=O) groups excluding carboxylic acids is 3. The molecule has 22 heavy (non-hydrogen) atoms. The van der Waals surface area contributed by atoms with Gasteiger partial charge in [0.15, 0.2) is 0 Å². The van der Waals surface area contributed by atoms with Crippen molar-refractivity contribution in [3.63, 3.8) is 0 Å². The van der Waals surface area contributed by atoms with E-state index in [0.29, 0.717) is 0 Å². The smallest absolute Gasteiger partial charge is 0.326 e. The van der Waals surface area contributed by atoms with Gasteiger partial charge in [0.25, 0.3) is 11.8 Å². The highest BCUT2D eigenvalue weighted by atomic mass is 16.4. The molecular weight excluding hydrogens is 288 g/mol. The third-order valence-electron chi connectivity index (χ3n) is 3.62. The molecule has 0 radical (unpaired) electrons. The van der Waals surface area contributed by atoms with Gasteiger partial charge in [-0.3, -0.25) is 19.3 Å². The molecule has 0 saturated carbocycles. The Morgan fingerprint density at radius 1 is 1.18 bits per heavy atom. The van der Waals surface area contributed by atoms with E-state index in [0.717, 1.165) is 4.90 Å². The van der Waals surface area contributed by atoms with Gasteiger partial charge in [-0.25, -0.2) is 4.79 Å². The minimum atomic E-state index is -1.16. The number of imide groups is 1. The predicted molar refractivity (Wildman–Crippen MR) is 76.3 cm³/mol. The molecule has 2 N–H and O–H groups in total. The van der Waals surface area contributed by atoms with Crippen molar-refractivity contribution in [2.24, 2.45) is 0 Å². The van der Waals surface area contributed by atoms with Gasteiger partial charge in [-0.15, -0.1) is 0 Å². The number of fused-ring (bicyclic) bond motifs is 1. The fourth-order valence-corrected chi connectivity index (χ4v) is 2.31. The van der Waals surface area contributed by atoms with Crippen LogP contribution in [0.1, 0.15) is 41.0 Å². The summed E-state index contributed by atoms with van der Waals surface area (Å²) >= 11 is 0. The van der Waals surface area contributed by atoms with Crippen LogP contribution in [0.2, 0.25) is 0 Å². The number of benzene rings is 1. The number of rotatable bonds is 5. The molecule has 116 valence electrons. The first-order chi connectivity index (χ1) is 10.4. The lowest BCUT2D eigenvalue weighted by atomic mass is 10.1. The summed E-state index contributed by atoms with van der Waals surface area (Å²) in [4.78, 5) is 48.4. The Bertz CT molecular complexity index is 620. The van der Waals surface area contributed by atoms with Crippen molar-refractivity contribution < 1.29 is 24.3 Å². The highest BCUT2D eigenvalue weighted by Gasteiger charge is 2.41. The summed E-state index contributed by atoms with van der Waals surface area (Å²) < 4.78 is 0. The normalized spacial score (nSPS) is 16.2. The Kier molecular flexibility index (Phi) is 4.25. The van der Waals surface area contributed by atoms with E-state index >= 15 is 0 Å². The maximum absolute atomic E-state index is 12.3. The second kappa shape index (κ2) is 5.97. The zero-order valence-corrected chi connectivity index (χ0v) is 12.2. The molecular formula is C15H16N2O5. The van der Waals surface area contributed by atoms with Gasteiger partial charge >= 0.3 is 5.97 Å². The third-order valence-corrected chi connectivity index (χ3v) is 3.62. The maximum atomic E-state index is 12.3. The number of hydrogen-bond acceptors (Lipinski definition) is 4. The number of nitrogens with one attached hydrogen (secondary N) is 1. The predicted octanol–water partition coefficient (Wildman–Crippen LogP) is 0.650. The van der Waals surface area contributed by atoms with Crippen LogP contribution < -0.4 is 5.32 Å². The van der Waals surface area contributed by atoms with Gasteiger partial charge in [-0.05, 0) is 25.5 Å². The van der Waals surface area contributed by atoms with Crippen LogP contribution in [0.5, 0.6) is 0 Å². The van der Waals surface area contributed by atoms with Crippen molar-refractivity contribution in [2.45, 2.75) is 32.4 Å². The number of aliphatic carboxylic acids is 1. The molecule has 0 saturated heterocycles. The van der Waals surface area contributed by atoms with Crippen LogP contribution in [0, 0.1) is 0 Å². The monoisotopic (exact) mass is 304 g/mol. The van der Waals surface area contributed by atoms with Crippen LogP contribution in [0.25, 0.3) is 0 Å². The number of carboxylic acids is 1. The zero-order chi connectivity index (χ0) is 16.4. The molecule has 7 nitrogen and oxygen atoms in total. The lowest BCUT2D eigenvalue weighted by molar-refractivity contribution is -0.142. The fraction of sp³-hybridized carbons (Fsp3) is 0.333. The van der Waals surface area contributed by atoms with E-state index in [2.05, 4.69) is 5.32 Å². The summed E-state index contributed by atoms with van der Waals surface area (Å²) in [5.74, 6) is -2.94. The standard InChI is InChI=1S/C15H16N2O5/c1-3-11(15(21)22)16-12(18)8(2)17-13(19)9-6-4-5-7-10(9)14(17)20/h4-8,11H,3H2,1-2H3,(H,16,18)(H,21,22). The molecule has 2 rings (SSSR count). The molecule has 1 aromatic rings. The summed E-state index contributed by atoms with van der Waals surface area (Å²) in [7, 11) is 0. The van der Waals surface area contributed by atoms with E-state index in [4.69, 9.17) is 5.11 Å². The molecule has 1 aliphatic rings. The third kappa shape index (κ3) is 2.57. The van der Waals surface area contributed by atoms with Crippen LogP contribution in [0.4, 0.5) is 0 Å². The summed E-state index contributed by atoms with van der Waals surface area (Å²) in [6, 6.07) is 4.18. The second-order valence-corrected chi connectivity index (χ2v) is 5.01. The Labute approximate surface area is 126 Å². The van der Waals surface area contributed by atoms with E-state index < -0.39 is 35.8 Å². The molecule has 1 aliphatic heterocycles. The van der Waals surface area contributed by atoms with Crippen LogP contribution in [0.3, 0.4) is 0 Å². The number of nitrogens with zero attached hydrogens (tertiary/aromatic N) is 1. The van der Waals surface area contributed by atoms with Crippen LogP contribution in [-0.4, -0.2) is 45.8 Å². The molecule has 1 heterocycles. The minimum absolute atomic E-state index is 0.204. The molecule has 1 aromatic carbocycles. The first kappa shape index (κ1) is 15.7. The summed E-state index contributed by atoms with van der Waals surface area (Å²) in [6.45, 7) is 3.01. The molecule has 0 spiro atoms. The van der Waals surface area contributed by atoms with Gasteiger partial charge in [-0.2, -0.15) is 0 Å². The van der Waals surface area contributed by atoms with Crippen LogP contribution >= 0.6 is 0 Å². The summed E-state index contributed by atoms with van der Waals surface area (Å²) in [5, 5.41) is 11.3. The fourth-order valence-electron chi connectivity index (χ4n) is 2.31. The zero-order valence-electron chi connectivity index (χ0n) is 12.2. The molecule has 0 aliphatic carbocycles. The van der Waals surface area contributed by atoms with Gasteiger partial charge in [0, 0.05) is 0 Å². The van der Waals surface area contributed by atoms with Crippen LogP contribution in [0.15, 0.2) is 24.3 Å². The first-order valence-corrected chi connectivity index (χ1v) is 6.88. The van der Waals surface area contributed by atoms with Gasteiger partial charge < -0.3 is 10.4 Å². The quantitative estimate of drug-likeness (QED) is 0.777. The van der Waals surface area contributed by atoms with Gasteiger partial charge in [0.1, 0.15) is 12.1 Å². The molecule has 0 aromatic heterocycles. The molecule has 3 amide bonds. The largest absolute Gasteiger partial charge is 0.480 e. The Balaban J connectivity index is 2.19.